The van der Waals surface area contributed by atoms with Crippen molar-refractivity contribution in [2.75, 3.05) is 0 Å². The molecule has 2 nitrogen and oxygen atoms in total. The molecule has 62 valence electrons. The van der Waals surface area contributed by atoms with Crippen molar-refractivity contribution in [1.29, 1.82) is 0 Å². The highest BCUT2D eigenvalue weighted by atomic mass is 16.3. The standard InChI is InChI=1S/C9H14O2/c10-6-9(4-1-5-9)7-2-3-8(7)11/h6-8,11H,1-5H2. The smallest absolute Gasteiger partial charge is 0.126 e. The Morgan fingerprint density at radius 2 is 2.09 bits per heavy atom. The number of carbonyl (C=O) groups excluding carboxylic acids is 1. The third-order valence-corrected chi connectivity index (χ3v) is 3.50. The van der Waals surface area contributed by atoms with Gasteiger partial charge in [-0.15, -0.1) is 0 Å². The summed E-state index contributed by atoms with van der Waals surface area (Å²) in [5.74, 6) is 0.300. The molecule has 0 aromatic heterocycles. The second kappa shape index (κ2) is 2.31. The summed E-state index contributed by atoms with van der Waals surface area (Å²) in [4.78, 5) is 10.8. The molecule has 2 fully saturated rings. The second-order valence-corrected chi connectivity index (χ2v) is 3.96. The van der Waals surface area contributed by atoms with Crippen LogP contribution >= 0.6 is 0 Å². The lowest BCUT2D eigenvalue weighted by molar-refractivity contribution is -0.139. The van der Waals surface area contributed by atoms with Crippen molar-refractivity contribution in [2.24, 2.45) is 11.3 Å². The van der Waals surface area contributed by atoms with Crippen LogP contribution in [0.3, 0.4) is 0 Å². The van der Waals surface area contributed by atoms with E-state index in [0.29, 0.717) is 5.92 Å². The van der Waals surface area contributed by atoms with Crippen LogP contribution in [-0.4, -0.2) is 17.5 Å². The van der Waals surface area contributed by atoms with Gasteiger partial charge in [0.2, 0.25) is 0 Å². The highest BCUT2D eigenvalue weighted by Crippen LogP contribution is 2.52. The highest BCUT2D eigenvalue weighted by Gasteiger charge is 2.50. The van der Waals surface area contributed by atoms with E-state index in [-0.39, 0.29) is 11.5 Å². The largest absolute Gasteiger partial charge is 0.393 e. The fraction of sp³-hybridized carbons (Fsp3) is 0.889. The van der Waals surface area contributed by atoms with Gasteiger partial charge in [0, 0.05) is 5.41 Å². The summed E-state index contributed by atoms with van der Waals surface area (Å²) >= 11 is 0. The van der Waals surface area contributed by atoms with E-state index in [4.69, 9.17) is 0 Å². The summed E-state index contributed by atoms with van der Waals surface area (Å²) in [6.07, 6.45) is 6.06. The van der Waals surface area contributed by atoms with E-state index in [1.807, 2.05) is 0 Å². The first-order chi connectivity index (χ1) is 5.28. The van der Waals surface area contributed by atoms with E-state index in [2.05, 4.69) is 0 Å². The van der Waals surface area contributed by atoms with Gasteiger partial charge in [-0.05, 0) is 31.6 Å². The number of hydrogen-bond donors (Lipinski definition) is 1. The van der Waals surface area contributed by atoms with Crippen LogP contribution in [0.5, 0.6) is 0 Å². The zero-order valence-corrected chi connectivity index (χ0v) is 6.62. The third-order valence-electron chi connectivity index (χ3n) is 3.50. The third kappa shape index (κ3) is 0.853. The molecule has 2 aliphatic rings. The van der Waals surface area contributed by atoms with Crippen molar-refractivity contribution < 1.29 is 9.90 Å². The zero-order valence-electron chi connectivity index (χ0n) is 6.62. The summed E-state index contributed by atoms with van der Waals surface area (Å²) in [7, 11) is 0. The van der Waals surface area contributed by atoms with Crippen molar-refractivity contribution in [1.82, 2.24) is 0 Å². The number of hydrogen-bond acceptors (Lipinski definition) is 2. The average molecular weight is 154 g/mol. The van der Waals surface area contributed by atoms with Gasteiger partial charge in [0.25, 0.3) is 0 Å². The predicted octanol–water partition coefficient (Wildman–Crippen LogP) is 1.13. The first-order valence-electron chi connectivity index (χ1n) is 4.43. The molecule has 1 N–H and O–H groups in total. The van der Waals surface area contributed by atoms with Gasteiger partial charge in [0.15, 0.2) is 0 Å². The van der Waals surface area contributed by atoms with E-state index >= 15 is 0 Å². The molecule has 11 heavy (non-hydrogen) atoms. The maximum Gasteiger partial charge on any atom is 0.126 e. The molecule has 2 rings (SSSR count). The van der Waals surface area contributed by atoms with Crippen LogP contribution in [0.4, 0.5) is 0 Å². The summed E-state index contributed by atoms with van der Waals surface area (Å²) < 4.78 is 0. The zero-order chi connectivity index (χ0) is 7.90. The minimum atomic E-state index is -0.180. The Balaban J connectivity index is 2.05. The van der Waals surface area contributed by atoms with Crippen molar-refractivity contribution in [3.05, 3.63) is 0 Å². The van der Waals surface area contributed by atoms with Crippen LogP contribution in [0.1, 0.15) is 32.1 Å². The maximum absolute atomic E-state index is 10.8. The molecule has 2 aliphatic carbocycles. The van der Waals surface area contributed by atoms with Crippen LogP contribution < -0.4 is 0 Å². The van der Waals surface area contributed by atoms with Crippen molar-refractivity contribution in [3.8, 4) is 0 Å². The second-order valence-electron chi connectivity index (χ2n) is 3.96. The minimum absolute atomic E-state index is 0.0995. The molecule has 2 atom stereocenters. The van der Waals surface area contributed by atoms with E-state index < -0.39 is 0 Å². The molecule has 0 aromatic rings. The highest BCUT2D eigenvalue weighted by molar-refractivity contribution is 5.62. The van der Waals surface area contributed by atoms with Gasteiger partial charge in [-0.1, -0.05) is 6.42 Å². The van der Waals surface area contributed by atoms with Crippen LogP contribution in [0.25, 0.3) is 0 Å². The lowest BCUT2D eigenvalue weighted by Crippen LogP contribution is -2.49. The summed E-state index contributed by atoms with van der Waals surface area (Å²) in [6, 6.07) is 0. The summed E-state index contributed by atoms with van der Waals surface area (Å²) in [5, 5.41) is 9.38. The van der Waals surface area contributed by atoms with Crippen molar-refractivity contribution in [3.63, 3.8) is 0 Å². The van der Waals surface area contributed by atoms with E-state index in [9.17, 15) is 9.90 Å². The number of rotatable bonds is 2. The Labute approximate surface area is 66.6 Å². The quantitative estimate of drug-likeness (QED) is 0.605. The molecule has 2 saturated carbocycles. The van der Waals surface area contributed by atoms with Crippen LogP contribution in [0.2, 0.25) is 0 Å². The molecule has 2 heteroatoms. The fourth-order valence-electron chi connectivity index (χ4n) is 2.31. The van der Waals surface area contributed by atoms with E-state index in [0.717, 1.165) is 32.0 Å². The lowest BCUT2D eigenvalue weighted by atomic mass is 9.55. The van der Waals surface area contributed by atoms with Gasteiger partial charge in [0.05, 0.1) is 6.10 Å². The molecule has 0 bridgehead atoms. The van der Waals surface area contributed by atoms with Gasteiger partial charge in [-0.25, -0.2) is 0 Å². The number of aldehydes is 1. The Kier molecular flexibility index (Phi) is 1.53. The van der Waals surface area contributed by atoms with Crippen molar-refractivity contribution in [2.45, 2.75) is 38.2 Å². The van der Waals surface area contributed by atoms with Gasteiger partial charge >= 0.3 is 0 Å². The molecule has 0 spiro atoms. The van der Waals surface area contributed by atoms with Gasteiger partial charge < -0.3 is 9.90 Å². The fourth-order valence-corrected chi connectivity index (χ4v) is 2.31. The number of aliphatic hydroxyl groups is 1. The van der Waals surface area contributed by atoms with Crippen LogP contribution in [0, 0.1) is 11.3 Å². The Morgan fingerprint density at radius 3 is 2.18 bits per heavy atom. The number of aliphatic hydroxyl groups excluding tert-OH is 1. The Bertz CT molecular complexity index is 172. The predicted molar refractivity (Wildman–Crippen MR) is 41.1 cm³/mol. The van der Waals surface area contributed by atoms with Crippen molar-refractivity contribution >= 4 is 6.29 Å². The first-order valence-corrected chi connectivity index (χ1v) is 4.43. The molecule has 0 amide bonds. The Morgan fingerprint density at radius 1 is 1.36 bits per heavy atom. The molecule has 0 heterocycles. The summed E-state index contributed by atoms with van der Waals surface area (Å²) in [6.45, 7) is 0. The van der Waals surface area contributed by atoms with Gasteiger partial charge in [0.1, 0.15) is 6.29 Å². The van der Waals surface area contributed by atoms with Crippen LogP contribution in [0.15, 0.2) is 0 Å². The molecule has 0 aliphatic heterocycles. The van der Waals surface area contributed by atoms with E-state index in [1.165, 1.54) is 6.42 Å². The molecule has 0 saturated heterocycles. The normalized spacial score (nSPS) is 40.5. The van der Waals surface area contributed by atoms with E-state index in [1.54, 1.807) is 0 Å². The molecule has 2 unspecified atom stereocenters. The molecular weight excluding hydrogens is 140 g/mol. The maximum atomic E-state index is 10.8. The lowest BCUT2D eigenvalue weighted by Gasteiger charge is -2.50. The Hall–Kier alpha value is -0.370. The topological polar surface area (TPSA) is 37.3 Å². The molecule has 0 aromatic carbocycles. The number of carbonyl (C=O) groups is 1. The molecule has 0 radical (unpaired) electrons. The molecular formula is C9H14O2. The average Bonchev–Trinajstić information content (AvgIpc) is 1.93. The summed E-state index contributed by atoms with van der Waals surface area (Å²) in [5.41, 5.74) is -0.0995. The van der Waals surface area contributed by atoms with Crippen LogP contribution in [-0.2, 0) is 4.79 Å². The monoisotopic (exact) mass is 154 g/mol. The van der Waals surface area contributed by atoms with Gasteiger partial charge in [-0.3, -0.25) is 0 Å². The first kappa shape index (κ1) is 7.29. The minimum Gasteiger partial charge on any atom is -0.393 e. The van der Waals surface area contributed by atoms with Gasteiger partial charge in [-0.2, -0.15) is 0 Å². The SMILES string of the molecule is O=CC1(C2CCC2O)CCC1.